The molecule has 1 aliphatic heterocycles. The average Bonchev–Trinajstić information content (AvgIpc) is 3.33. The molecule has 142 valence electrons. The first kappa shape index (κ1) is 19.1. The van der Waals surface area contributed by atoms with Crippen LogP contribution in [0.2, 0.25) is 0 Å². The number of nitrogens with zero attached hydrogens (tertiary/aromatic N) is 2. The lowest BCUT2D eigenvalue weighted by molar-refractivity contribution is -0.135. The first-order valence-electron chi connectivity index (χ1n) is 8.61. The van der Waals surface area contributed by atoms with Crippen molar-refractivity contribution >= 4 is 27.1 Å². The van der Waals surface area contributed by atoms with Crippen LogP contribution in [-0.2, 0) is 21.2 Å². The Morgan fingerprint density at radius 1 is 1.38 bits per heavy atom. The molecule has 6 nitrogen and oxygen atoms in total. The lowest BCUT2D eigenvalue weighted by Gasteiger charge is -2.31. The zero-order valence-electron chi connectivity index (χ0n) is 15.0. The Labute approximate surface area is 158 Å². The number of thiophene rings is 1. The fourth-order valence-electron chi connectivity index (χ4n) is 3.20. The maximum absolute atomic E-state index is 13.0. The molecule has 1 amide bonds. The maximum atomic E-state index is 13.0. The van der Waals surface area contributed by atoms with Gasteiger partial charge in [0.1, 0.15) is 5.76 Å². The van der Waals surface area contributed by atoms with Crippen LogP contribution in [0.3, 0.4) is 0 Å². The van der Waals surface area contributed by atoms with E-state index < -0.39 is 9.84 Å². The highest BCUT2D eigenvalue weighted by Crippen LogP contribution is 2.25. The Morgan fingerprint density at radius 2 is 2.19 bits per heavy atom. The van der Waals surface area contributed by atoms with Gasteiger partial charge in [-0.15, -0.1) is 11.3 Å². The summed E-state index contributed by atoms with van der Waals surface area (Å²) >= 11 is 1.66. The van der Waals surface area contributed by atoms with E-state index in [1.54, 1.807) is 28.6 Å². The second kappa shape index (κ2) is 7.94. The standard InChI is InChI=1S/C18H24N2O4S2/c1-14(17-6-4-9-25-17)19(2)12-18(21)20(11-16-5-3-8-24-16)15-7-10-26(22,23)13-15/h3-6,8-9,14-15H,7,10-13H2,1-2H3/t14-,15-/m1/s1. The fraction of sp³-hybridized carbons (Fsp3) is 0.500. The molecule has 1 fully saturated rings. The van der Waals surface area contributed by atoms with Gasteiger partial charge in [0.25, 0.3) is 0 Å². The summed E-state index contributed by atoms with van der Waals surface area (Å²) in [4.78, 5) is 17.9. The van der Waals surface area contributed by atoms with Crippen molar-refractivity contribution in [3.8, 4) is 0 Å². The van der Waals surface area contributed by atoms with Crippen molar-refractivity contribution in [3.05, 3.63) is 46.5 Å². The van der Waals surface area contributed by atoms with Gasteiger partial charge in [0.05, 0.1) is 30.9 Å². The number of carbonyl (C=O) groups is 1. The van der Waals surface area contributed by atoms with Gasteiger partial charge in [-0.3, -0.25) is 9.69 Å². The molecule has 0 saturated carbocycles. The highest BCUT2D eigenvalue weighted by Gasteiger charge is 2.35. The predicted molar refractivity (Wildman–Crippen MR) is 102 cm³/mol. The number of hydrogen-bond acceptors (Lipinski definition) is 6. The van der Waals surface area contributed by atoms with Crippen molar-refractivity contribution in [1.82, 2.24) is 9.80 Å². The highest BCUT2D eigenvalue weighted by molar-refractivity contribution is 7.91. The van der Waals surface area contributed by atoms with Crippen LogP contribution in [0.15, 0.2) is 40.3 Å². The van der Waals surface area contributed by atoms with E-state index in [1.165, 1.54) is 4.88 Å². The molecule has 26 heavy (non-hydrogen) atoms. The lowest BCUT2D eigenvalue weighted by atomic mass is 10.2. The van der Waals surface area contributed by atoms with Gasteiger partial charge in [0.2, 0.25) is 5.91 Å². The first-order valence-corrected chi connectivity index (χ1v) is 11.3. The minimum atomic E-state index is -3.07. The van der Waals surface area contributed by atoms with Crippen molar-refractivity contribution in [2.75, 3.05) is 25.1 Å². The summed E-state index contributed by atoms with van der Waals surface area (Å²) in [5, 5.41) is 2.02. The van der Waals surface area contributed by atoms with Crippen molar-refractivity contribution in [3.63, 3.8) is 0 Å². The lowest BCUT2D eigenvalue weighted by Crippen LogP contribution is -2.45. The summed E-state index contributed by atoms with van der Waals surface area (Å²) in [6.45, 7) is 2.60. The molecule has 2 atom stereocenters. The Hall–Kier alpha value is -1.64. The second-order valence-electron chi connectivity index (χ2n) is 6.76. The molecule has 2 aromatic heterocycles. The summed E-state index contributed by atoms with van der Waals surface area (Å²) in [7, 11) is -1.15. The molecule has 8 heteroatoms. The van der Waals surface area contributed by atoms with Crippen LogP contribution in [0.1, 0.15) is 30.0 Å². The van der Waals surface area contributed by atoms with Gasteiger partial charge in [0.15, 0.2) is 9.84 Å². The van der Waals surface area contributed by atoms with Gasteiger partial charge < -0.3 is 9.32 Å². The average molecular weight is 397 g/mol. The van der Waals surface area contributed by atoms with Crippen molar-refractivity contribution < 1.29 is 17.6 Å². The van der Waals surface area contributed by atoms with E-state index in [1.807, 2.05) is 29.5 Å². The van der Waals surface area contributed by atoms with Crippen LogP contribution in [0.25, 0.3) is 0 Å². The molecule has 0 bridgehead atoms. The summed E-state index contributed by atoms with van der Waals surface area (Å²) < 4.78 is 29.2. The number of rotatable bonds is 7. The van der Waals surface area contributed by atoms with Gasteiger partial charge >= 0.3 is 0 Å². The van der Waals surface area contributed by atoms with Crippen LogP contribution in [0.5, 0.6) is 0 Å². The molecule has 1 saturated heterocycles. The van der Waals surface area contributed by atoms with Crippen molar-refractivity contribution in [2.45, 2.75) is 32.0 Å². The Balaban J connectivity index is 1.72. The summed E-state index contributed by atoms with van der Waals surface area (Å²) in [5.74, 6) is 0.760. The number of likely N-dealkylation sites (N-methyl/N-ethyl adjacent to an activating group) is 1. The van der Waals surface area contributed by atoms with Crippen LogP contribution in [0.4, 0.5) is 0 Å². The van der Waals surface area contributed by atoms with Gasteiger partial charge in [-0.2, -0.15) is 0 Å². The quantitative estimate of drug-likeness (QED) is 0.719. The van der Waals surface area contributed by atoms with Gasteiger partial charge in [-0.05, 0) is 44.0 Å². The van der Waals surface area contributed by atoms with E-state index in [0.717, 1.165) is 0 Å². The molecule has 2 aromatic rings. The topological polar surface area (TPSA) is 70.8 Å². The SMILES string of the molecule is C[C@H](c1cccs1)N(C)CC(=O)N(Cc1ccco1)[C@@H]1CCS(=O)(=O)C1. The predicted octanol–water partition coefficient (Wildman–Crippen LogP) is 2.55. The van der Waals surface area contributed by atoms with Gasteiger partial charge in [-0.1, -0.05) is 6.07 Å². The Morgan fingerprint density at radius 3 is 2.77 bits per heavy atom. The Kier molecular flexibility index (Phi) is 5.84. The van der Waals surface area contributed by atoms with Crippen LogP contribution < -0.4 is 0 Å². The number of carbonyl (C=O) groups excluding carboxylic acids is 1. The van der Waals surface area contributed by atoms with E-state index in [0.29, 0.717) is 18.7 Å². The zero-order chi connectivity index (χ0) is 18.7. The number of furan rings is 1. The number of sulfone groups is 1. The molecule has 0 unspecified atom stereocenters. The van der Waals surface area contributed by atoms with E-state index in [2.05, 4.69) is 13.0 Å². The van der Waals surface area contributed by atoms with Crippen LogP contribution >= 0.6 is 11.3 Å². The minimum Gasteiger partial charge on any atom is -0.467 e. The van der Waals surface area contributed by atoms with Gasteiger partial charge in [-0.25, -0.2) is 8.42 Å². The third kappa shape index (κ3) is 4.55. The van der Waals surface area contributed by atoms with Gasteiger partial charge in [0, 0.05) is 17.0 Å². The number of amides is 1. The molecule has 0 aliphatic carbocycles. The second-order valence-corrected chi connectivity index (χ2v) is 9.97. The fourth-order valence-corrected chi connectivity index (χ4v) is 5.78. The monoisotopic (exact) mass is 396 g/mol. The summed E-state index contributed by atoms with van der Waals surface area (Å²) in [6, 6.07) is 7.47. The molecule has 0 spiro atoms. The van der Waals surface area contributed by atoms with E-state index in [4.69, 9.17) is 4.42 Å². The Bertz CT molecular complexity index is 816. The minimum absolute atomic E-state index is 0.0314. The molecular formula is C18H24N2O4S2. The smallest absolute Gasteiger partial charge is 0.237 e. The first-order chi connectivity index (χ1) is 12.4. The molecule has 3 heterocycles. The molecule has 3 rings (SSSR count). The summed E-state index contributed by atoms with van der Waals surface area (Å²) in [6.07, 6.45) is 2.05. The maximum Gasteiger partial charge on any atom is 0.237 e. The van der Waals surface area contributed by atoms with Crippen LogP contribution in [-0.4, -0.2) is 55.3 Å². The van der Waals surface area contributed by atoms with E-state index in [-0.39, 0.29) is 36.0 Å². The zero-order valence-corrected chi connectivity index (χ0v) is 16.6. The van der Waals surface area contributed by atoms with E-state index in [9.17, 15) is 13.2 Å². The largest absolute Gasteiger partial charge is 0.467 e. The van der Waals surface area contributed by atoms with Crippen LogP contribution in [0, 0.1) is 0 Å². The van der Waals surface area contributed by atoms with Crippen molar-refractivity contribution in [1.29, 1.82) is 0 Å². The van der Waals surface area contributed by atoms with E-state index >= 15 is 0 Å². The molecule has 0 N–H and O–H groups in total. The highest BCUT2D eigenvalue weighted by atomic mass is 32.2. The van der Waals surface area contributed by atoms with Crippen molar-refractivity contribution in [2.24, 2.45) is 0 Å². The third-order valence-corrected chi connectivity index (χ3v) is 7.67. The molecular weight excluding hydrogens is 372 g/mol. The molecule has 0 aromatic carbocycles. The number of hydrogen-bond donors (Lipinski definition) is 0. The third-order valence-electron chi connectivity index (χ3n) is 4.88. The summed E-state index contributed by atoms with van der Waals surface area (Å²) in [5.41, 5.74) is 0. The molecule has 0 radical (unpaired) electrons. The normalized spacial score (nSPS) is 20.3. The molecule has 1 aliphatic rings.